The highest BCUT2D eigenvalue weighted by Gasteiger charge is 2.18. The number of pyridine rings is 2. The Labute approximate surface area is 168 Å². The highest BCUT2D eigenvalue weighted by molar-refractivity contribution is 6.21. The Morgan fingerprint density at radius 2 is 1.90 bits per heavy atom. The maximum Gasteiger partial charge on any atom is 0.163 e. The number of aromatic nitrogens is 2. The van der Waals surface area contributed by atoms with Gasteiger partial charge in [0.05, 0.1) is 18.1 Å². The topological polar surface area (TPSA) is 99.3 Å². The molecule has 4 aromatic rings. The Morgan fingerprint density at radius 1 is 1.07 bits per heavy atom. The number of fused-ring (bicyclic) bond motifs is 5. The SMILES string of the molecule is COc1cc2c(cc1OCCN1CC1)ncc1c(N)nc3c(C)c(N)ccc3c12. The molecule has 0 atom stereocenters. The summed E-state index contributed by atoms with van der Waals surface area (Å²) in [5, 5.41) is 3.74. The molecule has 29 heavy (non-hydrogen) atoms. The van der Waals surface area contributed by atoms with E-state index in [-0.39, 0.29) is 0 Å². The Kier molecular flexibility index (Phi) is 4.06. The van der Waals surface area contributed by atoms with Gasteiger partial charge in [-0.1, -0.05) is 6.07 Å². The minimum absolute atomic E-state index is 0.438. The van der Waals surface area contributed by atoms with Crippen LogP contribution in [0.5, 0.6) is 11.5 Å². The number of benzene rings is 2. The zero-order chi connectivity index (χ0) is 20.1. The number of methoxy groups -OCH3 is 1. The van der Waals surface area contributed by atoms with Gasteiger partial charge in [0.1, 0.15) is 12.4 Å². The highest BCUT2D eigenvalue weighted by atomic mass is 16.5. The number of rotatable bonds is 5. The molecule has 2 aromatic carbocycles. The van der Waals surface area contributed by atoms with Crippen molar-refractivity contribution < 1.29 is 9.47 Å². The second-order valence-electron chi connectivity index (χ2n) is 7.43. The van der Waals surface area contributed by atoms with Crippen LogP contribution in [0.3, 0.4) is 0 Å². The largest absolute Gasteiger partial charge is 0.493 e. The molecule has 1 aliphatic heterocycles. The normalized spacial score (nSPS) is 14.0. The molecular weight excluding hydrogens is 366 g/mol. The predicted octanol–water partition coefficient (Wildman–Crippen LogP) is 3.11. The van der Waals surface area contributed by atoms with Crippen LogP contribution in [0.15, 0.2) is 30.5 Å². The highest BCUT2D eigenvalue weighted by Crippen LogP contribution is 2.39. The Hall–Kier alpha value is -3.32. The lowest BCUT2D eigenvalue weighted by molar-refractivity contribution is 0.276. The summed E-state index contributed by atoms with van der Waals surface area (Å²) in [4.78, 5) is 11.5. The van der Waals surface area contributed by atoms with Crippen LogP contribution in [0.1, 0.15) is 5.56 Å². The smallest absolute Gasteiger partial charge is 0.163 e. The third-order valence-corrected chi connectivity index (χ3v) is 5.61. The summed E-state index contributed by atoms with van der Waals surface area (Å²) < 4.78 is 11.6. The first-order chi connectivity index (χ1) is 14.1. The van der Waals surface area contributed by atoms with Crippen LogP contribution in [0.25, 0.3) is 32.6 Å². The van der Waals surface area contributed by atoms with E-state index in [0.29, 0.717) is 29.6 Å². The van der Waals surface area contributed by atoms with Crippen molar-refractivity contribution in [2.24, 2.45) is 0 Å². The average Bonchev–Trinajstić information content (AvgIpc) is 3.54. The molecule has 0 aliphatic carbocycles. The Bertz CT molecular complexity index is 1270. The second-order valence-corrected chi connectivity index (χ2v) is 7.43. The molecule has 5 rings (SSSR count). The average molecular weight is 389 g/mol. The van der Waals surface area contributed by atoms with Crippen molar-refractivity contribution in [2.45, 2.75) is 6.92 Å². The van der Waals surface area contributed by atoms with Crippen LogP contribution in [0.2, 0.25) is 0 Å². The van der Waals surface area contributed by atoms with E-state index in [1.54, 1.807) is 13.3 Å². The van der Waals surface area contributed by atoms with Gasteiger partial charge in [-0.15, -0.1) is 0 Å². The summed E-state index contributed by atoms with van der Waals surface area (Å²) in [5.41, 5.74) is 15.6. The number of hydrogen-bond acceptors (Lipinski definition) is 7. The molecule has 0 saturated carbocycles. The predicted molar refractivity (Wildman–Crippen MR) is 117 cm³/mol. The third kappa shape index (κ3) is 2.94. The van der Waals surface area contributed by atoms with Gasteiger partial charge in [-0.3, -0.25) is 9.88 Å². The zero-order valence-corrected chi connectivity index (χ0v) is 16.5. The molecule has 0 radical (unpaired) electrons. The summed E-state index contributed by atoms with van der Waals surface area (Å²) in [6.45, 7) is 5.80. The third-order valence-electron chi connectivity index (χ3n) is 5.61. The van der Waals surface area contributed by atoms with Gasteiger partial charge in [-0.2, -0.15) is 0 Å². The van der Waals surface area contributed by atoms with E-state index in [1.165, 1.54) is 0 Å². The van der Waals surface area contributed by atoms with E-state index in [2.05, 4.69) is 14.9 Å². The molecule has 1 aliphatic rings. The van der Waals surface area contributed by atoms with E-state index < -0.39 is 0 Å². The summed E-state index contributed by atoms with van der Waals surface area (Å²) in [7, 11) is 1.65. The van der Waals surface area contributed by atoms with E-state index in [9.17, 15) is 0 Å². The van der Waals surface area contributed by atoms with Crippen LogP contribution in [0.4, 0.5) is 11.5 Å². The lowest BCUT2D eigenvalue weighted by atomic mass is 9.99. The maximum atomic E-state index is 6.28. The van der Waals surface area contributed by atoms with Gasteiger partial charge in [0.25, 0.3) is 0 Å². The molecule has 0 bridgehead atoms. The van der Waals surface area contributed by atoms with E-state index in [1.807, 2.05) is 31.2 Å². The van der Waals surface area contributed by atoms with Crippen molar-refractivity contribution in [1.82, 2.24) is 14.9 Å². The number of ether oxygens (including phenoxy) is 2. The van der Waals surface area contributed by atoms with Crippen LogP contribution >= 0.6 is 0 Å². The van der Waals surface area contributed by atoms with Crippen LogP contribution in [0, 0.1) is 6.92 Å². The second kappa shape index (κ2) is 6.63. The van der Waals surface area contributed by atoms with Crippen molar-refractivity contribution >= 4 is 44.1 Å². The molecule has 7 heteroatoms. The Morgan fingerprint density at radius 3 is 2.66 bits per heavy atom. The molecular formula is C22H23N5O2. The molecule has 4 N–H and O–H groups in total. The fourth-order valence-corrected chi connectivity index (χ4v) is 3.78. The summed E-state index contributed by atoms with van der Waals surface area (Å²) in [5.74, 6) is 1.81. The fraction of sp³-hybridized carbons (Fsp3) is 0.273. The van der Waals surface area contributed by atoms with Gasteiger partial charge in [-0.05, 0) is 24.6 Å². The molecule has 0 spiro atoms. The van der Waals surface area contributed by atoms with E-state index in [4.69, 9.17) is 20.9 Å². The molecule has 148 valence electrons. The van der Waals surface area contributed by atoms with Crippen LogP contribution < -0.4 is 20.9 Å². The Balaban J connectivity index is 1.75. The molecule has 1 fully saturated rings. The standard InChI is InChI=1S/C22H23N5O2/c1-12-16(23)4-3-13-20-14-9-18(28-2)19(29-8-7-27-5-6-27)10-17(14)25-11-15(20)22(24)26-21(12)13/h3-4,9-11H,5-8,23H2,1-2H3,(H2,24,26). The van der Waals surface area contributed by atoms with Crippen LogP contribution in [-0.2, 0) is 0 Å². The number of nitrogen functional groups attached to an aromatic ring is 2. The lowest BCUT2D eigenvalue weighted by Gasteiger charge is -2.15. The van der Waals surface area contributed by atoms with Gasteiger partial charge < -0.3 is 20.9 Å². The fourth-order valence-electron chi connectivity index (χ4n) is 3.78. The molecule has 2 aromatic heterocycles. The van der Waals surface area contributed by atoms with E-state index >= 15 is 0 Å². The molecule has 3 heterocycles. The van der Waals surface area contributed by atoms with Gasteiger partial charge in [-0.25, -0.2) is 4.98 Å². The van der Waals surface area contributed by atoms with E-state index in [0.717, 1.165) is 57.8 Å². The van der Waals surface area contributed by atoms with Gasteiger partial charge in [0, 0.05) is 59.1 Å². The minimum Gasteiger partial charge on any atom is -0.493 e. The quantitative estimate of drug-likeness (QED) is 0.307. The van der Waals surface area contributed by atoms with Gasteiger partial charge >= 0.3 is 0 Å². The van der Waals surface area contributed by atoms with Crippen molar-refractivity contribution in [2.75, 3.05) is 44.8 Å². The van der Waals surface area contributed by atoms with Crippen LogP contribution in [-0.4, -0.2) is 48.2 Å². The van der Waals surface area contributed by atoms with Gasteiger partial charge in [0.15, 0.2) is 11.5 Å². The van der Waals surface area contributed by atoms with Crippen molar-refractivity contribution in [1.29, 1.82) is 0 Å². The zero-order valence-electron chi connectivity index (χ0n) is 16.5. The number of anilines is 2. The summed E-state index contributed by atoms with van der Waals surface area (Å²) in [6.07, 6.45) is 1.78. The first kappa shape index (κ1) is 17.8. The molecule has 7 nitrogen and oxygen atoms in total. The maximum absolute atomic E-state index is 6.28. The summed E-state index contributed by atoms with van der Waals surface area (Å²) >= 11 is 0. The lowest BCUT2D eigenvalue weighted by Crippen LogP contribution is -2.10. The monoisotopic (exact) mass is 389 g/mol. The van der Waals surface area contributed by atoms with Crippen molar-refractivity contribution in [3.8, 4) is 11.5 Å². The van der Waals surface area contributed by atoms with Crippen molar-refractivity contribution in [3.63, 3.8) is 0 Å². The number of nitrogens with two attached hydrogens (primary N) is 2. The number of hydrogen-bond donors (Lipinski definition) is 2. The number of nitrogens with zero attached hydrogens (tertiary/aromatic N) is 3. The molecule has 0 unspecified atom stereocenters. The van der Waals surface area contributed by atoms with Gasteiger partial charge in [0.2, 0.25) is 0 Å². The minimum atomic E-state index is 0.438. The molecule has 1 saturated heterocycles. The van der Waals surface area contributed by atoms with Crippen molar-refractivity contribution in [3.05, 3.63) is 36.0 Å². The summed E-state index contributed by atoms with van der Waals surface area (Å²) in [6, 6.07) is 7.81. The molecule has 0 amide bonds. The first-order valence-electron chi connectivity index (χ1n) is 9.66. The number of aryl methyl sites for hydroxylation is 1. The first-order valence-corrected chi connectivity index (χ1v) is 9.66.